The highest BCUT2D eigenvalue weighted by Crippen LogP contribution is 2.35. The minimum atomic E-state index is -0.494. The van der Waals surface area contributed by atoms with Crippen molar-refractivity contribution in [3.8, 4) is 11.1 Å². The number of halogens is 3. The maximum Gasteiger partial charge on any atom is 0.134 e. The maximum absolute atomic E-state index is 14.8. The molecule has 3 aromatic rings. The Kier molecular flexibility index (Phi) is 11.2. The largest absolute Gasteiger partial charge is 0.206 e. The Morgan fingerprint density at radius 1 is 0.632 bits per heavy atom. The van der Waals surface area contributed by atoms with Gasteiger partial charge in [-0.05, 0) is 96.9 Å². The molecule has 0 aliphatic heterocycles. The second-order valence-electron chi connectivity index (χ2n) is 11.4. The Morgan fingerprint density at radius 2 is 1.13 bits per heavy atom. The summed E-state index contributed by atoms with van der Waals surface area (Å²) in [7, 11) is 0. The highest BCUT2D eigenvalue weighted by molar-refractivity contribution is 6.30. The van der Waals surface area contributed by atoms with Gasteiger partial charge < -0.3 is 0 Å². The van der Waals surface area contributed by atoms with E-state index in [1.54, 1.807) is 24.3 Å². The zero-order chi connectivity index (χ0) is 26.7. The van der Waals surface area contributed by atoms with E-state index in [0.717, 1.165) is 24.3 Å². The molecule has 0 aromatic heterocycles. The van der Waals surface area contributed by atoms with Gasteiger partial charge in [-0.3, -0.25) is 0 Å². The molecule has 1 saturated carbocycles. The van der Waals surface area contributed by atoms with Crippen molar-refractivity contribution in [3.05, 3.63) is 94.0 Å². The third-order valence-corrected chi connectivity index (χ3v) is 8.73. The van der Waals surface area contributed by atoms with Crippen molar-refractivity contribution in [3.63, 3.8) is 0 Å². The molecule has 0 radical (unpaired) electrons. The van der Waals surface area contributed by atoms with Gasteiger partial charge in [0, 0.05) is 5.02 Å². The lowest BCUT2D eigenvalue weighted by atomic mass is 9.77. The van der Waals surface area contributed by atoms with Crippen LogP contribution >= 0.6 is 11.6 Å². The van der Waals surface area contributed by atoms with Crippen LogP contribution in [0.3, 0.4) is 0 Å². The molecule has 0 saturated heterocycles. The molecule has 0 N–H and O–H groups in total. The van der Waals surface area contributed by atoms with Crippen molar-refractivity contribution in [2.75, 3.05) is 0 Å². The van der Waals surface area contributed by atoms with Crippen molar-refractivity contribution in [1.82, 2.24) is 0 Å². The molecule has 3 aromatic carbocycles. The van der Waals surface area contributed by atoms with E-state index in [9.17, 15) is 8.78 Å². The summed E-state index contributed by atoms with van der Waals surface area (Å²) in [5, 5.41) is 0.554. The van der Waals surface area contributed by atoms with Crippen LogP contribution in [0.1, 0.15) is 94.2 Å². The van der Waals surface area contributed by atoms with E-state index in [4.69, 9.17) is 11.6 Å². The fourth-order valence-electron chi connectivity index (χ4n) is 6.02. The van der Waals surface area contributed by atoms with Crippen LogP contribution in [0.5, 0.6) is 0 Å². The molecule has 0 unspecified atom stereocenters. The molecule has 1 fully saturated rings. The first-order valence-electron chi connectivity index (χ1n) is 14.8. The molecule has 3 heteroatoms. The van der Waals surface area contributed by atoms with E-state index in [1.807, 2.05) is 0 Å². The van der Waals surface area contributed by atoms with Crippen molar-refractivity contribution < 1.29 is 8.78 Å². The molecular weight excluding hydrogens is 494 g/mol. The summed E-state index contributed by atoms with van der Waals surface area (Å²) in [5.41, 5.74) is 4.24. The van der Waals surface area contributed by atoms with E-state index < -0.39 is 11.6 Å². The van der Waals surface area contributed by atoms with Gasteiger partial charge in [0.1, 0.15) is 11.6 Å². The minimum absolute atomic E-state index is 0.0305. The minimum Gasteiger partial charge on any atom is -0.206 e. The molecule has 204 valence electrons. The fraction of sp³-hybridized carbons (Fsp3) is 0.486. The molecule has 0 spiro atoms. The fourth-order valence-corrected chi connectivity index (χ4v) is 6.14. The molecule has 0 bridgehead atoms. The Bertz CT molecular complexity index is 1090. The Balaban J connectivity index is 1.17. The molecule has 0 heterocycles. The summed E-state index contributed by atoms with van der Waals surface area (Å²) in [4.78, 5) is 0. The number of rotatable bonds is 13. The van der Waals surface area contributed by atoms with Gasteiger partial charge in [0.2, 0.25) is 0 Å². The van der Waals surface area contributed by atoms with E-state index in [-0.39, 0.29) is 5.56 Å². The quantitative estimate of drug-likeness (QED) is 0.190. The summed E-state index contributed by atoms with van der Waals surface area (Å²) in [5.74, 6) is 0.472. The second-order valence-corrected chi connectivity index (χ2v) is 11.8. The molecule has 1 aliphatic carbocycles. The third kappa shape index (κ3) is 8.67. The van der Waals surface area contributed by atoms with Gasteiger partial charge in [-0.25, -0.2) is 8.78 Å². The number of aryl methyl sites for hydroxylation is 3. The van der Waals surface area contributed by atoms with Gasteiger partial charge >= 0.3 is 0 Å². The van der Waals surface area contributed by atoms with Gasteiger partial charge in [0.05, 0.1) is 5.56 Å². The molecule has 38 heavy (non-hydrogen) atoms. The number of benzene rings is 3. The highest BCUT2D eigenvalue weighted by Gasteiger charge is 2.21. The van der Waals surface area contributed by atoms with Gasteiger partial charge in [-0.2, -0.15) is 0 Å². The van der Waals surface area contributed by atoms with Crippen LogP contribution in [0.4, 0.5) is 8.78 Å². The first-order chi connectivity index (χ1) is 18.5. The lowest BCUT2D eigenvalue weighted by Crippen LogP contribution is -2.16. The topological polar surface area (TPSA) is 0 Å². The van der Waals surface area contributed by atoms with Crippen LogP contribution in [-0.4, -0.2) is 0 Å². The van der Waals surface area contributed by atoms with E-state index in [0.29, 0.717) is 16.5 Å². The lowest BCUT2D eigenvalue weighted by Gasteiger charge is -2.28. The smallest absolute Gasteiger partial charge is 0.134 e. The normalized spacial score (nSPS) is 17.6. The predicted molar refractivity (Wildman–Crippen MR) is 158 cm³/mol. The number of unbranched alkanes of at least 4 members (excludes halogenated alkanes) is 4. The summed E-state index contributed by atoms with van der Waals surface area (Å²) in [6, 6.07) is 19.0. The van der Waals surface area contributed by atoms with Gasteiger partial charge in [0.15, 0.2) is 0 Å². The highest BCUT2D eigenvalue weighted by atomic mass is 35.5. The van der Waals surface area contributed by atoms with E-state index in [1.165, 1.54) is 100 Å². The summed E-state index contributed by atoms with van der Waals surface area (Å²) >= 11 is 5.92. The molecule has 4 rings (SSSR count). The van der Waals surface area contributed by atoms with Gasteiger partial charge in [-0.15, -0.1) is 0 Å². The van der Waals surface area contributed by atoms with Gasteiger partial charge in [0.25, 0.3) is 0 Å². The molecule has 0 amide bonds. The second kappa shape index (κ2) is 14.8. The van der Waals surface area contributed by atoms with Crippen LogP contribution in [0.15, 0.2) is 60.7 Å². The van der Waals surface area contributed by atoms with Crippen molar-refractivity contribution in [1.29, 1.82) is 0 Å². The molecule has 0 atom stereocenters. The molecule has 0 nitrogen and oxygen atoms in total. The zero-order valence-electron chi connectivity index (χ0n) is 23.0. The Labute approximate surface area is 233 Å². The predicted octanol–water partition coefficient (Wildman–Crippen LogP) is 11.2. The van der Waals surface area contributed by atoms with Gasteiger partial charge in [-0.1, -0.05) is 106 Å². The lowest BCUT2D eigenvalue weighted by molar-refractivity contribution is 0.253. The molecule has 1 aliphatic rings. The van der Waals surface area contributed by atoms with Crippen LogP contribution < -0.4 is 0 Å². The van der Waals surface area contributed by atoms with Crippen LogP contribution in [0.2, 0.25) is 5.02 Å². The SMILES string of the molecule is CCCCCCCc1ccc(CC[C@H]2CC[C@H](CCc3cc(F)c(-c4ccc(Cl)cc4)c(F)c3)CC2)cc1. The van der Waals surface area contributed by atoms with E-state index >= 15 is 0 Å². The first-order valence-corrected chi connectivity index (χ1v) is 15.2. The van der Waals surface area contributed by atoms with Crippen LogP contribution in [0.25, 0.3) is 11.1 Å². The number of hydrogen-bond acceptors (Lipinski definition) is 0. The van der Waals surface area contributed by atoms with Crippen molar-refractivity contribution in [2.45, 2.75) is 96.8 Å². The average Bonchev–Trinajstić information content (AvgIpc) is 2.92. The van der Waals surface area contributed by atoms with Crippen molar-refractivity contribution in [2.24, 2.45) is 11.8 Å². The number of hydrogen-bond donors (Lipinski definition) is 0. The Morgan fingerprint density at radius 3 is 1.68 bits per heavy atom. The van der Waals surface area contributed by atoms with E-state index in [2.05, 4.69) is 31.2 Å². The monoisotopic (exact) mass is 536 g/mol. The van der Waals surface area contributed by atoms with Crippen molar-refractivity contribution >= 4 is 11.6 Å². The summed E-state index contributed by atoms with van der Waals surface area (Å²) in [6.07, 6.45) is 17.1. The summed E-state index contributed by atoms with van der Waals surface area (Å²) in [6.45, 7) is 2.27. The van der Waals surface area contributed by atoms with Crippen LogP contribution in [0, 0.1) is 23.5 Å². The van der Waals surface area contributed by atoms with Crippen LogP contribution in [-0.2, 0) is 19.3 Å². The zero-order valence-corrected chi connectivity index (χ0v) is 23.7. The Hall–Kier alpha value is -2.19. The molecular formula is C35H43ClF2. The first kappa shape index (κ1) is 28.8. The third-order valence-electron chi connectivity index (χ3n) is 8.48. The average molecular weight is 537 g/mol. The maximum atomic E-state index is 14.8. The summed E-state index contributed by atoms with van der Waals surface area (Å²) < 4.78 is 29.6. The standard InChI is InChI=1S/C35H43ClF2/c1-2-3-4-5-6-7-26-8-10-27(11-9-26)12-13-28-14-16-29(17-15-28)18-19-30-24-33(37)35(34(38)25-30)31-20-22-32(36)23-21-31/h8-11,20-25,28-29H,2-7,12-19H2,1H3/t28-,29-.